The number of hydrogen-bond donors (Lipinski definition) is 2. The molecule has 0 aliphatic carbocycles. The number of hydrogen-bond acceptors (Lipinski definition) is 3. The first-order valence-electron chi connectivity index (χ1n) is 7.11. The molecule has 2 aromatic rings. The normalized spacial score (nSPS) is 15.1. The van der Waals surface area contributed by atoms with Gasteiger partial charge in [0.1, 0.15) is 0 Å². The van der Waals surface area contributed by atoms with Gasteiger partial charge in [-0.1, -0.05) is 36.8 Å². The van der Waals surface area contributed by atoms with Crippen LogP contribution in [0.1, 0.15) is 30.4 Å². The van der Waals surface area contributed by atoms with Gasteiger partial charge < -0.3 is 10.00 Å². The summed E-state index contributed by atoms with van der Waals surface area (Å²) in [5.41, 5.74) is 1.63. The van der Waals surface area contributed by atoms with E-state index in [0.717, 1.165) is 12.8 Å². The van der Waals surface area contributed by atoms with Crippen molar-refractivity contribution in [3.63, 3.8) is 0 Å². The quantitative estimate of drug-likeness (QED) is 0.565. The molecule has 4 nitrogen and oxygen atoms in total. The van der Waals surface area contributed by atoms with Crippen molar-refractivity contribution in [3.05, 3.63) is 58.3 Å². The molecule has 2 N–H and O–H groups in total. The molecule has 0 aliphatic heterocycles. The van der Waals surface area contributed by atoms with E-state index in [1.807, 2.05) is 11.4 Å². The van der Waals surface area contributed by atoms with Crippen molar-refractivity contribution in [1.82, 2.24) is 0 Å². The average Bonchev–Trinajstić information content (AvgIpc) is 3.01. The molecule has 0 spiro atoms. The summed E-state index contributed by atoms with van der Waals surface area (Å²) in [5, 5.41) is 12.0. The number of rotatable bonds is 8. The third kappa shape index (κ3) is 3.67. The molecule has 2 atom stereocenters. The fourth-order valence-electron chi connectivity index (χ4n) is 2.57. The summed E-state index contributed by atoms with van der Waals surface area (Å²) in [7, 11) is -3.27. The monoisotopic (exact) mass is 338 g/mol. The zero-order chi connectivity index (χ0) is 16.0. The van der Waals surface area contributed by atoms with Crippen molar-refractivity contribution in [2.24, 2.45) is 0 Å². The lowest BCUT2D eigenvalue weighted by atomic mass is 9.91. The minimum atomic E-state index is -3.27. The van der Waals surface area contributed by atoms with Crippen LogP contribution in [-0.2, 0) is 20.9 Å². The van der Waals surface area contributed by atoms with Crippen LogP contribution in [-0.4, -0.2) is 16.0 Å². The van der Waals surface area contributed by atoms with Gasteiger partial charge >= 0.3 is 5.97 Å². The smallest absolute Gasteiger partial charge is 0.323 e. The van der Waals surface area contributed by atoms with E-state index < -0.39 is 19.2 Å². The van der Waals surface area contributed by atoms with Crippen molar-refractivity contribution in [2.75, 3.05) is 0 Å². The van der Waals surface area contributed by atoms with Gasteiger partial charge in [0.05, 0.1) is 0 Å². The summed E-state index contributed by atoms with van der Waals surface area (Å²) in [6.07, 6.45) is 2.42. The summed E-state index contributed by atoms with van der Waals surface area (Å²) in [6.45, 7) is 0. The highest BCUT2D eigenvalue weighted by Gasteiger charge is 2.45. The third-order valence-electron chi connectivity index (χ3n) is 3.84. The molecule has 1 heterocycles. The van der Waals surface area contributed by atoms with Gasteiger partial charge in [0.15, 0.2) is 5.16 Å². The number of benzene rings is 1. The molecule has 0 radical (unpaired) electrons. The third-order valence-corrected chi connectivity index (χ3v) is 6.06. The van der Waals surface area contributed by atoms with Crippen molar-refractivity contribution >= 4 is 25.3 Å². The van der Waals surface area contributed by atoms with E-state index in [4.69, 9.17) is 0 Å². The Balaban J connectivity index is 2.11. The summed E-state index contributed by atoms with van der Waals surface area (Å²) in [5.74, 6) is -1.22. The van der Waals surface area contributed by atoms with Gasteiger partial charge in [-0.25, -0.2) is 0 Å². The number of aliphatic carboxylic acids is 1. The second-order valence-electron chi connectivity index (χ2n) is 5.22. The molecule has 0 aliphatic rings. The highest BCUT2D eigenvalue weighted by atomic mass is 32.1. The first kappa shape index (κ1) is 16.9. The number of carboxylic acids is 1. The van der Waals surface area contributed by atoms with Crippen molar-refractivity contribution < 1.29 is 19.4 Å². The van der Waals surface area contributed by atoms with E-state index in [9.17, 15) is 19.4 Å². The van der Waals surface area contributed by atoms with Gasteiger partial charge in [0.25, 0.3) is 0 Å². The minimum absolute atomic E-state index is 0.171. The Bertz CT molecular complexity index is 611. The Hall–Kier alpha value is -1.42. The van der Waals surface area contributed by atoms with E-state index in [0.29, 0.717) is 12.0 Å². The fourth-order valence-corrected chi connectivity index (χ4v) is 4.26. The first-order chi connectivity index (χ1) is 10.6. The van der Waals surface area contributed by atoms with Crippen LogP contribution in [0.15, 0.2) is 47.2 Å². The lowest BCUT2D eigenvalue weighted by Gasteiger charge is -2.27. The molecule has 1 aromatic carbocycles. The maximum Gasteiger partial charge on any atom is 0.323 e. The lowest BCUT2D eigenvalue weighted by Crippen LogP contribution is -2.32. The van der Waals surface area contributed by atoms with Crippen molar-refractivity contribution in [1.29, 1.82) is 0 Å². The molecule has 0 saturated carbocycles. The molecule has 0 bridgehead atoms. The zero-order valence-corrected chi connectivity index (χ0v) is 13.9. The van der Waals surface area contributed by atoms with Gasteiger partial charge in [-0.2, -0.15) is 11.3 Å². The van der Waals surface area contributed by atoms with E-state index in [-0.39, 0.29) is 6.42 Å². The molecule has 0 saturated heterocycles. The first-order valence-corrected chi connectivity index (χ1v) is 9.40. The van der Waals surface area contributed by atoms with Crippen LogP contribution >= 0.6 is 19.4 Å². The predicted octanol–water partition coefficient (Wildman–Crippen LogP) is 3.91. The van der Waals surface area contributed by atoms with E-state index in [1.54, 1.807) is 41.7 Å². The SMILES string of the molecule is O=C(O)C(CCCCc1ccsc1)(c1ccccc1)[PH](=O)O. The number of aryl methyl sites for hydroxylation is 1. The molecule has 1 aromatic heterocycles. The van der Waals surface area contributed by atoms with E-state index in [1.165, 1.54) is 5.56 Å². The molecule has 118 valence electrons. The van der Waals surface area contributed by atoms with E-state index >= 15 is 0 Å². The zero-order valence-electron chi connectivity index (χ0n) is 12.1. The largest absolute Gasteiger partial charge is 0.480 e. The number of carboxylic acid groups (broad SMARTS) is 1. The van der Waals surface area contributed by atoms with Crippen molar-refractivity contribution in [2.45, 2.75) is 30.8 Å². The van der Waals surface area contributed by atoms with Crippen LogP contribution in [0.25, 0.3) is 0 Å². The van der Waals surface area contributed by atoms with Gasteiger partial charge in [-0.05, 0) is 47.2 Å². The van der Waals surface area contributed by atoms with Crippen molar-refractivity contribution in [3.8, 4) is 0 Å². The summed E-state index contributed by atoms with van der Waals surface area (Å²) >= 11 is 1.63. The molecule has 6 heteroatoms. The van der Waals surface area contributed by atoms with Gasteiger partial charge in [-0.3, -0.25) is 9.36 Å². The second-order valence-corrected chi connectivity index (χ2v) is 7.46. The van der Waals surface area contributed by atoms with Crippen LogP contribution < -0.4 is 0 Å². The molecule has 0 fully saturated rings. The van der Waals surface area contributed by atoms with E-state index in [2.05, 4.69) is 5.38 Å². The average molecular weight is 338 g/mol. The van der Waals surface area contributed by atoms with Crippen LogP contribution in [0.2, 0.25) is 0 Å². The van der Waals surface area contributed by atoms with Crippen LogP contribution in [0.5, 0.6) is 0 Å². The summed E-state index contributed by atoms with van der Waals surface area (Å²) < 4.78 is 11.9. The highest BCUT2D eigenvalue weighted by molar-refractivity contribution is 7.41. The topological polar surface area (TPSA) is 74.6 Å². The number of carbonyl (C=O) groups is 1. The standard InChI is InChI=1S/C16H19O4PS/c17-15(18)16(21(19)20,14-7-2-1-3-8-14)10-5-4-6-13-9-11-22-12-13/h1-3,7-9,11-12,21H,4-6,10H2,(H,17,18)(H,19,20). The lowest BCUT2D eigenvalue weighted by molar-refractivity contribution is -0.140. The number of unbranched alkanes of at least 4 members (excludes halogenated alkanes) is 1. The fraction of sp³-hybridized carbons (Fsp3) is 0.312. The molecule has 2 unspecified atom stereocenters. The Kier molecular flexibility index (Phi) is 5.95. The van der Waals surface area contributed by atoms with Gasteiger partial charge in [0.2, 0.25) is 8.03 Å². The summed E-state index contributed by atoms with van der Waals surface area (Å²) in [4.78, 5) is 21.5. The van der Waals surface area contributed by atoms with Crippen LogP contribution in [0, 0.1) is 0 Å². The molecule has 0 amide bonds. The van der Waals surface area contributed by atoms with Crippen LogP contribution in [0.4, 0.5) is 0 Å². The molecule has 22 heavy (non-hydrogen) atoms. The van der Waals surface area contributed by atoms with Crippen LogP contribution in [0.3, 0.4) is 0 Å². The highest BCUT2D eigenvalue weighted by Crippen LogP contribution is 2.48. The van der Waals surface area contributed by atoms with Gasteiger partial charge in [0, 0.05) is 0 Å². The minimum Gasteiger partial charge on any atom is -0.480 e. The Labute approximate surface area is 134 Å². The Morgan fingerprint density at radius 3 is 2.45 bits per heavy atom. The molecular weight excluding hydrogens is 319 g/mol. The predicted molar refractivity (Wildman–Crippen MR) is 88.9 cm³/mol. The maximum atomic E-state index is 11.9. The second kappa shape index (κ2) is 7.73. The Morgan fingerprint density at radius 1 is 1.18 bits per heavy atom. The summed E-state index contributed by atoms with van der Waals surface area (Å²) in [6, 6.07) is 10.4. The number of thiophene rings is 1. The maximum absolute atomic E-state index is 11.9. The molecule has 2 rings (SSSR count). The molecular formula is C16H19O4PS. The Morgan fingerprint density at radius 2 is 1.91 bits per heavy atom. The van der Waals surface area contributed by atoms with Gasteiger partial charge in [-0.15, -0.1) is 0 Å².